The van der Waals surface area contributed by atoms with Gasteiger partial charge in [-0.15, -0.1) is 0 Å². The number of carbonyl (C=O) groups is 1. The fraction of sp³-hybridized carbons (Fsp3) is 0.963. The van der Waals surface area contributed by atoms with Crippen molar-refractivity contribution in [2.75, 3.05) is 0 Å². The van der Waals surface area contributed by atoms with Gasteiger partial charge in [0.15, 0.2) is 0 Å². The van der Waals surface area contributed by atoms with E-state index >= 15 is 0 Å². The summed E-state index contributed by atoms with van der Waals surface area (Å²) in [5.74, 6) is 0.687. The van der Waals surface area contributed by atoms with Gasteiger partial charge in [0, 0.05) is 0 Å². The minimum Gasteiger partial charge on any atom is -0.481 e. The van der Waals surface area contributed by atoms with Gasteiger partial charge in [-0.05, 0) is 97.2 Å². The Morgan fingerprint density at radius 3 is 2.31 bits per heavy atom. The first-order chi connectivity index (χ1) is 15.0. The third-order valence-electron chi connectivity index (χ3n) is 11.4. The molecule has 3 unspecified atom stereocenters. The van der Waals surface area contributed by atoms with E-state index in [-0.39, 0.29) is 64.5 Å². The number of hydrogen-bond acceptors (Lipinski definition) is 4. The molecule has 4 fully saturated rings. The standard InChI is InChI=1S/C27H46O5/c1-6-17-20-12-16(28)9-10-26(20,4)21-13-22(29)27(5)18(14(2)11-15(3)25(31)32)7-8-19(27)23(21)24(17)30/h14-24,28-30H,6-13H2,1-5H3,(H,31,32)/t14-,15-,16+,17+,18+,19?,20-,21?,22-,23?,24+,26-,27+/m0/s1. The number of aliphatic carboxylic acids is 1. The molecule has 0 amide bonds. The van der Waals surface area contributed by atoms with Crippen molar-refractivity contribution in [3.8, 4) is 0 Å². The smallest absolute Gasteiger partial charge is 0.306 e. The zero-order chi connectivity index (χ0) is 23.6. The molecule has 4 N–H and O–H groups in total. The Hall–Kier alpha value is -0.650. The second-order valence-electron chi connectivity index (χ2n) is 12.6. The van der Waals surface area contributed by atoms with E-state index in [1.807, 2.05) is 0 Å². The average molecular weight is 451 g/mol. The van der Waals surface area contributed by atoms with Gasteiger partial charge in [0.1, 0.15) is 0 Å². The minimum absolute atomic E-state index is 0.0631. The predicted molar refractivity (Wildman–Crippen MR) is 124 cm³/mol. The highest BCUT2D eigenvalue weighted by atomic mass is 16.4. The molecular weight excluding hydrogens is 404 g/mol. The van der Waals surface area contributed by atoms with Crippen LogP contribution in [0.4, 0.5) is 0 Å². The molecule has 0 aromatic heterocycles. The fourth-order valence-electron chi connectivity index (χ4n) is 9.71. The van der Waals surface area contributed by atoms with Crippen molar-refractivity contribution in [1.29, 1.82) is 0 Å². The van der Waals surface area contributed by atoms with E-state index < -0.39 is 12.1 Å². The number of hydrogen-bond donors (Lipinski definition) is 4. The van der Waals surface area contributed by atoms with Crippen molar-refractivity contribution < 1.29 is 25.2 Å². The quantitative estimate of drug-likeness (QED) is 0.500. The van der Waals surface area contributed by atoms with Gasteiger partial charge >= 0.3 is 5.97 Å². The van der Waals surface area contributed by atoms with E-state index in [4.69, 9.17) is 0 Å². The molecule has 0 heterocycles. The number of carboxylic acids is 1. The monoisotopic (exact) mass is 450 g/mol. The van der Waals surface area contributed by atoms with E-state index in [2.05, 4.69) is 27.7 Å². The molecule has 4 aliphatic carbocycles. The summed E-state index contributed by atoms with van der Waals surface area (Å²) in [6.45, 7) is 10.8. The van der Waals surface area contributed by atoms with Gasteiger partial charge < -0.3 is 20.4 Å². The lowest BCUT2D eigenvalue weighted by Crippen LogP contribution is -2.65. The molecule has 0 saturated heterocycles. The molecular formula is C27H46O5. The van der Waals surface area contributed by atoms with Crippen LogP contribution in [0.1, 0.15) is 86.0 Å². The molecule has 0 aromatic rings. The molecule has 0 aromatic carbocycles. The van der Waals surface area contributed by atoms with Crippen LogP contribution in [-0.2, 0) is 4.79 Å². The maximum atomic E-state index is 11.8. The Kier molecular flexibility index (Phi) is 6.53. The molecule has 5 heteroatoms. The predicted octanol–water partition coefficient (Wildman–Crippen LogP) is 4.33. The molecule has 0 radical (unpaired) electrons. The van der Waals surface area contributed by atoms with Crippen LogP contribution < -0.4 is 0 Å². The van der Waals surface area contributed by atoms with Crippen molar-refractivity contribution in [3.63, 3.8) is 0 Å². The van der Waals surface area contributed by atoms with Crippen LogP contribution in [0.5, 0.6) is 0 Å². The summed E-state index contributed by atoms with van der Waals surface area (Å²) in [5, 5.41) is 43.3. The molecule has 32 heavy (non-hydrogen) atoms. The van der Waals surface area contributed by atoms with Crippen LogP contribution in [0, 0.1) is 58.2 Å². The van der Waals surface area contributed by atoms with E-state index in [0.29, 0.717) is 12.3 Å². The summed E-state index contributed by atoms with van der Waals surface area (Å²) < 4.78 is 0. The molecule has 13 atom stereocenters. The highest BCUT2D eigenvalue weighted by Crippen LogP contribution is 2.69. The van der Waals surface area contributed by atoms with Gasteiger partial charge in [-0.3, -0.25) is 4.79 Å². The summed E-state index contributed by atoms with van der Waals surface area (Å²) in [5.41, 5.74) is -0.205. The van der Waals surface area contributed by atoms with Crippen LogP contribution in [0.2, 0.25) is 0 Å². The lowest BCUT2D eigenvalue weighted by molar-refractivity contribution is -0.228. The molecule has 4 saturated carbocycles. The van der Waals surface area contributed by atoms with Crippen LogP contribution in [0.25, 0.3) is 0 Å². The van der Waals surface area contributed by atoms with Gasteiger partial charge in [0.25, 0.3) is 0 Å². The molecule has 0 aliphatic heterocycles. The Labute approximate surface area is 194 Å². The SMILES string of the molecule is CC[C@H]1[C@@H](O)C2C3CC[C@H]([C@@H](C)C[C@H](C)C(=O)O)[C@@]3(C)[C@@H](O)CC2[C@@]2(C)CC[C@@H](O)C[C@@H]12. The second kappa shape index (κ2) is 8.53. The average Bonchev–Trinajstić information content (AvgIpc) is 3.09. The van der Waals surface area contributed by atoms with Crippen LogP contribution in [-0.4, -0.2) is 44.7 Å². The van der Waals surface area contributed by atoms with Crippen LogP contribution in [0.15, 0.2) is 0 Å². The highest BCUT2D eigenvalue weighted by molar-refractivity contribution is 5.69. The fourth-order valence-corrected chi connectivity index (χ4v) is 9.71. The van der Waals surface area contributed by atoms with E-state index in [9.17, 15) is 25.2 Å². The Morgan fingerprint density at radius 1 is 1.00 bits per heavy atom. The number of carboxylic acid groups (broad SMARTS) is 1. The van der Waals surface area contributed by atoms with E-state index in [1.54, 1.807) is 6.92 Å². The summed E-state index contributed by atoms with van der Waals surface area (Å²) >= 11 is 0. The van der Waals surface area contributed by atoms with Crippen molar-refractivity contribution in [3.05, 3.63) is 0 Å². The number of aliphatic hydroxyl groups is 3. The van der Waals surface area contributed by atoms with Gasteiger partial charge in [-0.1, -0.05) is 41.0 Å². The third kappa shape index (κ3) is 3.48. The number of aliphatic hydroxyl groups excluding tert-OH is 3. The highest BCUT2D eigenvalue weighted by Gasteiger charge is 2.67. The van der Waals surface area contributed by atoms with Gasteiger partial charge in [0.2, 0.25) is 0 Å². The Morgan fingerprint density at radius 2 is 1.69 bits per heavy atom. The second-order valence-corrected chi connectivity index (χ2v) is 12.6. The van der Waals surface area contributed by atoms with Gasteiger partial charge in [0.05, 0.1) is 24.2 Å². The van der Waals surface area contributed by atoms with Crippen LogP contribution >= 0.6 is 0 Å². The lowest BCUT2D eigenvalue weighted by Gasteiger charge is -2.65. The zero-order valence-corrected chi connectivity index (χ0v) is 20.7. The van der Waals surface area contributed by atoms with E-state index in [1.165, 1.54) is 0 Å². The largest absolute Gasteiger partial charge is 0.481 e. The summed E-state index contributed by atoms with van der Waals surface area (Å²) in [4.78, 5) is 11.5. The Bertz CT molecular complexity index is 710. The van der Waals surface area contributed by atoms with Crippen molar-refractivity contribution in [2.24, 2.45) is 58.2 Å². The normalized spacial score (nSPS) is 52.4. The summed E-state index contributed by atoms with van der Waals surface area (Å²) in [6, 6.07) is 0. The third-order valence-corrected chi connectivity index (χ3v) is 11.4. The summed E-state index contributed by atoms with van der Waals surface area (Å²) in [7, 11) is 0. The topological polar surface area (TPSA) is 98.0 Å². The molecule has 5 nitrogen and oxygen atoms in total. The molecule has 4 rings (SSSR count). The maximum absolute atomic E-state index is 11.8. The number of fused-ring (bicyclic) bond motifs is 5. The Balaban J connectivity index is 1.66. The molecule has 0 bridgehead atoms. The molecule has 0 spiro atoms. The zero-order valence-electron chi connectivity index (χ0n) is 20.7. The van der Waals surface area contributed by atoms with Crippen molar-refractivity contribution >= 4 is 5.97 Å². The maximum Gasteiger partial charge on any atom is 0.306 e. The minimum atomic E-state index is -0.743. The van der Waals surface area contributed by atoms with Gasteiger partial charge in [-0.25, -0.2) is 0 Å². The molecule has 4 aliphatic rings. The number of rotatable bonds is 5. The first kappa shape index (κ1) is 24.5. The van der Waals surface area contributed by atoms with Crippen LogP contribution in [0.3, 0.4) is 0 Å². The van der Waals surface area contributed by atoms with E-state index in [0.717, 1.165) is 44.9 Å². The summed E-state index contributed by atoms with van der Waals surface area (Å²) in [6.07, 6.45) is 5.85. The lowest BCUT2D eigenvalue weighted by atomic mass is 9.41. The van der Waals surface area contributed by atoms with Crippen molar-refractivity contribution in [2.45, 2.75) is 104 Å². The van der Waals surface area contributed by atoms with Gasteiger partial charge in [-0.2, -0.15) is 0 Å². The first-order valence-corrected chi connectivity index (χ1v) is 13.2. The first-order valence-electron chi connectivity index (χ1n) is 13.2. The molecule has 184 valence electrons. The van der Waals surface area contributed by atoms with Crippen molar-refractivity contribution in [1.82, 2.24) is 0 Å².